The number of fused-ring (bicyclic) bond motifs is 2. The van der Waals surface area contributed by atoms with Crippen LogP contribution in [0.25, 0.3) is 31.8 Å². The monoisotopic (exact) mass is 455 g/mol. The number of rotatable bonds is 3. The summed E-state index contributed by atoms with van der Waals surface area (Å²) in [5, 5.41) is 1.33. The molecule has 0 N–H and O–H groups in total. The average molecular weight is 456 g/mol. The van der Waals surface area contributed by atoms with Crippen LogP contribution in [0.1, 0.15) is 36.7 Å². The van der Waals surface area contributed by atoms with Crippen molar-refractivity contribution < 1.29 is 13.9 Å². The molecule has 0 bridgehead atoms. The predicted octanol–water partition coefficient (Wildman–Crippen LogP) is 6.59. The van der Waals surface area contributed by atoms with Gasteiger partial charge in [-0.25, -0.2) is 14.6 Å². The highest BCUT2D eigenvalue weighted by Crippen LogP contribution is 2.31. The van der Waals surface area contributed by atoms with Crippen LogP contribution in [-0.2, 0) is 5.41 Å². The topological polar surface area (TPSA) is 69.4 Å². The Labute approximate surface area is 194 Å². The largest absolute Gasteiger partial charge is 0.423 e. The van der Waals surface area contributed by atoms with Gasteiger partial charge in [0.05, 0.1) is 21.3 Å². The summed E-state index contributed by atoms with van der Waals surface area (Å²) in [5.74, 6) is -0.161. The third-order valence-corrected chi connectivity index (χ3v) is 6.50. The quantitative estimate of drug-likeness (QED) is 0.174. The zero-order chi connectivity index (χ0) is 23.2. The van der Waals surface area contributed by atoms with Gasteiger partial charge < -0.3 is 9.15 Å². The van der Waals surface area contributed by atoms with Gasteiger partial charge in [0.1, 0.15) is 16.3 Å². The van der Waals surface area contributed by atoms with Gasteiger partial charge >= 0.3 is 11.6 Å². The van der Waals surface area contributed by atoms with Crippen LogP contribution in [0.4, 0.5) is 0 Å². The fourth-order valence-corrected chi connectivity index (χ4v) is 4.53. The number of aromatic nitrogens is 1. The number of carbonyl (C=O) groups excluding carboxylic acids is 1. The van der Waals surface area contributed by atoms with Crippen LogP contribution in [0.5, 0.6) is 5.75 Å². The molecule has 6 heteroatoms. The molecule has 2 aromatic heterocycles. The third kappa shape index (κ3) is 4.17. The maximum absolute atomic E-state index is 12.7. The summed E-state index contributed by atoms with van der Waals surface area (Å²) < 4.78 is 12.1. The lowest BCUT2D eigenvalue weighted by Crippen LogP contribution is -2.13. The number of esters is 1. The summed E-state index contributed by atoms with van der Waals surface area (Å²) in [7, 11) is 0. The number of ether oxygens (including phenoxy) is 1. The fraction of sp³-hybridized carbons (Fsp3) is 0.148. The number of carbonyl (C=O) groups is 1. The molecule has 2 heterocycles. The van der Waals surface area contributed by atoms with Crippen LogP contribution >= 0.6 is 11.3 Å². The van der Waals surface area contributed by atoms with Gasteiger partial charge in [0, 0.05) is 11.5 Å². The van der Waals surface area contributed by atoms with Gasteiger partial charge in [0.25, 0.3) is 0 Å². The zero-order valence-corrected chi connectivity index (χ0v) is 19.2. The Kier molecular flexibility index (Phi) is 5.10. The molecule has 0 fully saturated rings. The summed E-state index contributed by atoms with van der Waals surface area (Å²) in [6, 6.07) is 21.9. The van der Waals surface area contributed by atoms with Crippen molar-refractivity contribution in [1.29, 1.82) is 0 Å². The number of benzene rings is 3. The molecular formula is C27H21NO4S. The highest BCUT2D eigenvalue weighted by molar-refractivity contribution is 7.21. The van der Waals surface area contributed by atoms with Gasteiger partial charge in [-0.1, -0.05) is 45.0 Å². The molecule has 0 aliphatic carbocycles. The van der Waals surface area contributed by atoms with Gasteiger partial charge in [-0.15, -0.1) is 11.3 Å². The van der Waals surface area contributed by atoms with Crippen molar-refractivity contribution >= 4 is 38.5 Å². The highest BCUT2D eigenvalue weighted by Gasteiger charge is 2.16. The van der Waals surface area contributed by atoms with Crippen molar-refractivity contribution in [3.05, 3.63) is 94.3 Å². The number of nitrogens with zero attached hydrogens (tertiary/aromatic N) is 1. The molecular weight excluding hydrogens is 434 g/mol. The lowest BCUT2D eigenvalue weighted by Gasteiger charge is -2.18. The van der Waals surface area contributed by atoms with Crippen molar-refractivity contribution in [2.45, 2.75) is 26.2 Å². The first-order valence-corrected chi connectivity index (χ1v) is 11.4. The Balaban J connectivity index is 1.42. The summed E-state index contributed by atoms with van der Waals surface area (Å²) in [6.45, 7) is 6.35. The van der Waals surface area contributed by atoms with Gasteiger partial charge in [0.15, 0.2) is 0 Å². The van der Waals surface area contributed by atoms with E-state index in [1.807, 2.05) is 36.4 Å². The molecule has 0 saturated carbocycles. The molecule has 0 aliphatic heterocycles. The van der Waals surface area contributed by atoms with Crippen molar-refractivity contribution in [1.82, 2.24) is 4.98 Å². The predicted molar refractivity (Wildman–Crippen MR) is 131 cm³/mol. The number of hydrogen-bond donors (Lipinski definition) is 0. The molecule has 3 aromatic carbocycles. The Morgan fingerprint density at radius 2 is 1.73 bits per heavy atom. The second-order valence-electron chi connectivity index (χ2n) is 8.85. The van der Waals surface area contributed by atoms with Crippen LogP contribution in [-0.4, -0.2) is 11.0 Å². The molecule has 0 spiro atoms. The fourth-order valence-electron chi connectivity index (χ4n) is 3.56. The van der Waals surface area contributed by atoms with E-state index in [0.717, 1.165) is 21.2 Å². The SMILES string of the molecule is CC(C)(C)c1ccc(C(=O)Oc2ccc3cc(-c4nc5ccccc5s4)c(=O)oc3c2)cc1. The molecule has 5 rings (SSSR count). The summed E-state index contributed by atoms with van der Waals surface area (Å²) in [5.41, 5.74) is 2.71. The second kappa shape index (κ2) is 7.98. The van der Waals surface area contributed by atoms with Crippen LogP contribution in [0.2, 0.25) is 0 Å². The molecule has 0 radical (unpaired) electrons. The van der Waals surface area contributed by atoms with Crippen molar-refractivity contribution in [3.63, 3.8) is 0 Å². The first-order valence-electron chi connectivity index (χ1n) is 10.5. The lowest BCUT2D eigenvalue weighted by atomic mass is 9.87. The molecule has 164 valence electrons. The zero-order valence-electron chi connectivity index (χ0n) is 18.4. The minimum Gasteiger partial charge on any atom is -0.423 e. The van der Waals surface area contributed by atoms with Gasteiger partial charge in [-0.3, -0.25) is 0 Å². The van der Waals surface area contributed by atoms with E-state index in [-0.39, 0.29) is 5.41 Å². The minimum absolute atomic E-state index is 0.00251. The number of hydrogen-bond acceptors (Lipinski definition) is 6. The van der Waals surface area contributed by atoms with Crippen LogP contribution in [0, 0.1) is 0 Å². The first kappa shape index (κ1) is 21.1. The van der Waals surface area contributed by atoms with Crippen LogP contribution in [0.15, 0.2) is 82.0 Å². The van der Waals surface area contributed by atoms with Gasteiger partial charge in [-0.2, -0.15) is 0 Å². The molecule has 0 unspecified atom stereocenters. The van der Waals surface area contributed by atoms with E-state index in [4.69, 9.17) is 9.15 Å². The van der Waals surface area contributed by atoms with E-state index in [9.17, 15) is 9.59 Å². The van der Waals surface area contributed by atoms with Crippen molar-refractivity contribution in [2.75, 3.05) is 0 Å². The molecule has 33 heavy (non-hydrogen) atoms. The maximum atomic E-state index is 12.7. The van der Waals surface area contributed by atoms with E-state index >= 15 is 0 Å². The van der Waals surface area contributed by atoms with E-state index in [1.54, 1.807) is 36.4 Å². The molecule has 0 amide bonds. The highest BCUT2D eigenvalue weighted by atomic mass is 32.1. The Morgan fingerprint density at radius 3 is 2.45 bits per heavy atom. The van der Waals surface area contributed by atoms with Gasteiger partial charge in [-0.05, 0) is 53.4 Å². The Bertz CT molecular complexity index is 1520. The Hall–Kier alpha value is -3.77. The summed E-state index contributed by atoms with van der Waals surface area (Å²) >= 11 is 1.44. The normalized spacial score (nSPS) is 11.7. The van der Waals surface area contributed by atoms with E-state index in [2.05, 4.69) is 25.8 Å². The summed E-state index contributed by atoms with van der Waals surface area (Å²) in [4.78, 5) is 29.8. The first-order chi connectivity index (χ1) is 15.8. The van der Waals surface area contributed by atoms with E-state index < -0.39 is 11.6 Å². The average Bonchev–Trinajstić information content (AvgIpc) is 3.22. The summed E-state index contributed by atoms with van der Waals surface area (Å²) in [6.07, 6.45) is 0. The molecule has 5 aromatic rings. The van der Waals surface area contributed by atoms with Gasteiger partial charge in [0.2, 0.25) is 0 Å². The minimum atomic E-state index is -0.484. The molecule has 0 aliphatic rings. The number of para-hydroxylation sites is 1. The standard InChI is InChI=1S/C27H21NO4S/c1-27(2,3)18-11-8-16(9-12-18)25(29)31-19-13-10-17-14-20(26(30)32-22(17)15-19)24-28-21-6-4-5-7-23(21)33-24/h4-15H,1-3H3. The van der Waals surface area contributed by atoms with Crippen LogP contribution in [0.3, 0.4) is 0 Å². The number of thiazole rings is 1. The third-order valence-electron chi connectivity index (χ3n) is 5.43. The van der Waals surface area contributed by atoms with E-state index in [1.165, 1.54) is 11.3 Å². The molecule has 0 saturated heterocycles. The Morgan fingerprint density at radius 1 is 0.970 bits per heavy atom. The lowest BCUT2D eigenvalue weighted by molar-refractivity contribution is 0.0735. The molecule has 5 nitrogen and oxygen atoms in total. The molecule has 0 atom stereocenters. The van der Waals surface area contributed by atoms with Crippen LogP contribution < -0.4 is 10.4 Å². The maximum Gasteiger partial charge on any atom is 0.346 e. The van der Waals surface area contributed by atoms with Crippen molar-refractivity contribution in [3.8, 4) is 16.3 Å². The smallest absolute Gasteiger partial charge is 0.346 e. The van der Waals surface area contributed by atoms with E-state index in [0.29, 0.717) is 27.5 Å². The van der Waals surface area contributed by atoms with Crippen molar-refractivity contribution in [2.24, 2.45) is 0 Å². The second-order valence-corrected chi connectivity index (χ2v) is 9.88.